The van der Waals surface area contributed by atoms with Crippen LogP contribution in [0, 0.1) is 21.4 Å². The number of rotatable bonds is 2. The summed E-state index contributed by atoms with van der Waals surface area (Å²) in [6.07, 6.45) is 3.15. The smallest absolute Gasteiger partial charge is 0.270 e. The summed E-state index contributed by atoms with van der Waals surface area (Å²) in [5.74, 6) is -0.377. The summed E-state index contributed by atoms with van der Waals surface area (Å²) < 4.78 is 0. The van der Waals surface area contributed by atoms with E-state index >= 15 is 0 Å². The Kier molecular flexibility index (Phi) is 4.02. The van der Waals surface area contributed by atoms with Crippen LogP contribution in [0.3, 0.4) is 0 Å². The van der Waals surface area contributed by atoms with Crippen molar-refractivity contribution in [1.82, 2.24) is 0 Å². The summed E-state index contributed by atoms with van der Waals surface area (Å²) in [4.78, 5) is 24.6. The summed E-state index contributed by atoms with van der Waals surface area (Å²) >= 11 is 5.83. The number of nitriles is 1. The van der Waals surface area contributed by atoms with Crippen molar-refractivity contribution >= 4 is 35.0 Å². The lowest BCUT2D eigenvalue weighted by Gasteiger charge is -2.30. The van der Waals surface area contributed by atoms with Gasteiger partial charge in [-0.3, -0.25) is 19.8 Å². The van der Waals surface area contributed by atoms with Gasteiger partial charge in [-0.15, -0.1) is 0 Å². The molecule has 2 aromatic rings. The molecule has 0 spiro atoms. The molecule has 1 atom stereocenters. The number of carbonyl (C=O) groups is 1. The van der Waals surface area contributed by atoms with Crippen molar-refractivity contribution < 1.29 is 9.72 Å². The molecule has 3 rings (SSSR count). The van der Waals surface area contributed by atoms with E-state index in [-0.39, 0.29) is 11.6 Å². The molecule has 0 saturated heterocycles. The molecule has 2 aromatic carbocycles. The molecule has 7 heteroatoms. The molecule has 6 nitrogen and oxygen atoms in total. The second-order valence-corrected chi connectivity index (χ2v) is 5.55. The maximum absolute atomic E-state index is 12.8. The summed E-state index contributed by atoms with van der Waals surface area (Å²) in [6, 6.07) is 11.8. The maximum Gasteiger partial charge on any atom is 0.270 e. The minimum Gasteiger partial charge on any atom is -0.288 e. The van der Waals surface area contributed by atoms with E-state index in [0.29, 0.717) is 21.8 Å². The Morgan fingerprint density at radius 3 is 2.58 bits per heavy atom. The van der Waals surface area contributed by atoms with Crippen molar-refractivity contribution in [3.63, 3.8) is 0 Å². The number of hydrogen-bond donors (Lipinski definition) is 0. The number of nitro benzene ring substituents is 1. The number of halogens is 1. The molecule has 1 heterocycles. The van der Waals surface area contributed by atoms with Gasteiger partial charge in [0.05, 0.1) is 16.7 Å². The molecular weight excluding hydrogens is 330 g/mol. The SMILES string of the molecule is N#CC1C=Cc2cc([N+](=O)[O-])ccc2N1C(=O)c1ccc(Cl)cc1. The van der Waals surface area contributed by atoms with Crippen molar-refractivity contribution in [3.8, 4) is 6.07 Å². The minimum absolute atomic E-state index is 0.0762. The zero-order valence-electron chi connectivity index (χ0n) is 12.2. The largest absolute Gasteiger partial charge is 0.288 e. The van der Waals surface area contributed by atoms with Crippen LogP contribution in [-0.4, -0.2) is 16.9 Å². The van der Waals surface area contributed by atoms with Gasteiger partial charge < -0.3 is 0 Å². The van der Waals surface area contributed by atoms with Crippen molar-refractivity contribution in [2.24, 2.45) is 0 Å². The van der Waals surface area contributed by atoms with Crippen LogP contribution in [0.5, 0.6) is 0 Å². The second-order valence-electron chi connectivity index (χ2n) is 5.12. The Balaban J connectivity index is 2.07. The number of anilines is 1. The number of hydrogen-bond acceptors (Lipinski definition) is 4. The molecule has 0 radical (unpaired) electrons. The molecule has 1 aliphatic heterocycles. The highest BCUT2D eigenvalue weighted by atomic mass is 35.5. The Hall–Kier alpha value is -3.17. The van der Waals surface area contributed by atoms with Crippen LogP contribution in [0.4, 0.5) is 11.4 Å². The number of fused-ring (bicyclic) bond motifs is 1. The van der Waals surface area contributed by atoms with Crippen molar-refractivity contribution in [1.29, 1.82) is 5.26 Å². The Bertz CT molecular complexity index is 900. The zero-order valence-corrected chi connectivity index (χ0v) is 13.0. The first-order valence-corrected chi connectivity index (χ1v) is 7.34. The number of nitrogens with zero attached hydrogens (tertiary/aromatic N) is 3. The van der Waals surface area contributed by atoms with Crippen molar-refractivity contribution in [2.45, 2.75) is 6.04 Å². The van der Waals surface area contributed by atoms with Crippen LogP contribution < -0.4 is 4.90 Å². The topological polar surface area (TPSA) is 87.2 Å². The first-order valence-electron chi connectivity index (χ1n) is 6.96. The van der Waals surface area contributed by atoms with Gasteiger partial charge in [-0.05, 0) is 36.4 Å². The minimum atomic E-state index is -0.790. The lowest BCUT2D eigenvalue weighted by Crippen LogP contribution is -2.40. The van der Waals surface area contributed by atoms with Crippen LogP contribution in [0.15, 0.2) is 48.5 Å². The average molecular weight is 340 g/mol. The molecule has 0 fully saturated rings. The van der Waals surface area contributed by atoms with Gasteiger partial charge in [0, 0.05) is 28.3 Å². The number of nitro groups is 1. The van der Waals surface area contributed by atoms with E-state index in [4.69, 9.17) is 11.6 Å². The molecule has 24 heavy (non-hydrogen) atoms. The third-order valence-electron chi connectivity index (χ3n) is 3.66. The van der Waals surface area contributed by atoms with E-state index in [1.165, 1.54) is 23.1 Å². The first-order chi connectivity index (χ1) is 11.5. The standard InChI is InChI=1S/C17H10ClN3O3/c18-13-4-1-11(2-5-13)17(22)20-15(10-19)6-3-12-9-14(21(23)24)7-8-16(12)20/h1-9,15H. The fraction of sp³-hybridized carbons (Fsp3) is 0.0588. The van der Waals surface area contributed by atoms with Gasteiger partial charge in [0.1, 0.15) is 6.04 Å². The van der Waals surface area contributed by atoms with Crippen LogP contribution in [0.1, 0.15) is 15.9 Å². The van der Waals surface area contributed by atoms with E-state index in [1.54, 1.807) is 36.4 Å². The summed E-state index contributed by atoms with van der Waals surface area (Å²) in [6.45, 7) is 0. The fourth-order valence-corrected chi connectivity index (χ4v) is 2.63. The zero-order chi connectivity index (χ0) is 17.3. The van der Waals surface area contributed by atoms with Crippen LogP contribution in [-0.2, 0) is 0 Å². The highest BCUT2D eigenvalue weighted by molar-refractivity contribution is 6.30. The summed E-state index contributed by atoms with van der Waals surface area (Å²) in [5.41, 5.74) is 1.26. The van der Waals surface area contributed by atoms with Crippen LogP contribution >= 0.6 is 11.6 Å². The molecular formula is C17H10ClN3O3. The van der Waals surface area contributed by atoms with Crippen LogP contribution in [0.25, 0.3) is 6.08 Å². The predicted molar refractivity (Wildman–Crippen MR) is 89.8 cm³/mol. The van der Waals surface area contributed by atoms with E-state index in [1.807, 2.05) is 0 Å². The number of non-ortho nitro benzene ring substituents is 1. The molecule has 0 bridgehead atoms. The highest BCUT2D eigenvalue weighted by Crippen LogP contribution is 2.33. The van der Waals surface area contributed by atoms with Gasteiger partial charge in [0.2, 0.25) is 0 Å². The predicted octanol–water partition coefficient (Wildman–Crippen LogP) is 3.81. The van der Waals surface area contributed by atoms with E-state index in [9.17, 15) is 20.2 Å². The summed E-state index contributed by atoms with van der Waals surface area (Å²) in [7, 11) is 0. The lowest BCUT2D eigenvalue weighted by molar-refractivity contribution is -0.384. The number of carbonyl (C=O) groups excluding carboxylic acids is 1. The average Bonchev–Trinajstić information content (AvgIpc) is 2.60. The van der Waals surface area contributed by atoms with E-state index in [2.05, 4.69) is 6.07 Å². The monoisotopic (exact) mass is 339 g/mol. The number of amides is 1. The maximum atomic E-state index is 12.8. The normalized spacial score (nSPS) is 15.5. The molecule has 1 unspecified atom stereocenters. The van der Waals surface area contributed by atoms with E-state index < -0.39 is 11.0 Å². The quantitative estimate of drug-likeness (QED) is 0.614. The van der Waals surface area contributed by atoms with Crippen molar-refractivity contribution in [3.05, 3.63) is 74.8 Å². The second kappa shape index (κ2) is 6.14. The molecule has 1 aliphatic rings. The summed E-state index contributed by atoms with van der Waals surface area (Å²) in [5, 5.41) is 20.8. The molecule has 0 N–H and O–H groups in total. The molecule has 0 aliphatic carbocycles. The number of benzene rings is 2. The third kappa shape index (κ3) is 2.73. The van der Waals surface area contributed by atoms with Crippen molar-refractivity contribution in [2.75, 3.05) is 4.90 Å². The van der Waals surface area contributed by atoms with Gasteiger partial charge >= 0.3 is 0 Å². The van der Waals surface area contributed by atoms with E-state index in [0.717, 1.165) is 0 Å². The van der Waals surface area contributed by atoms with Crippen LogP contribution in [0.2, 0.25) is 5.02 Å². The van der Waals surface area contributed by atoms with Gasteiger partial charge in [0.25, 0.3) is 11.6 Å². The third-order valence-corrected chi connectivity index (χ3v) is 3.91. The first kappa shape index (κ1) is 15.7. The van der Waals surface area contributed by atoms with Gasteiger partial charge in [0.15, 0.2) is 0 Å². The lowest BCUT2D eigenvalue weighted by atomic mass is 10.0. The molecule has 0 aromatic heterocycles. The van der Waals surface area contributed by atoms with Gasteiger partial charge in [-0.25, -0.2) is 0 Å². The Morgan fingerprint density at radius 1 is 1.25 bits per heavy atom. The molecule has 1 amide bonds. The molecule has 0 saturated carbocycles. The fourth-order valence-electron chi connectivity index (χ4n) is 2.51. The Morgan fingerprint density at radius 2 is 1.96 bits per heavy atom. The highest BCUT2D eigenvalue weighted by Gasteiger charge is 2.29. The van der Waals surface area contributed by atoms with Gasteiger partial charge in [-0.2, -0.15) is 5.26 Å². The van der Waals surface area contributed by atoms with Gasteiger partial charge in [-0.1, -0.05) is 17.7 Å². The Labute approximate surface area is 142 Å². The molecule has 118 valence electrons.